The van der Waals surface area contributed by atoms with E-state index in [9.17, 15) is 23.7 Å². The number of dihydropyridines is 1. The van der Waals surface area contributed by atoms with E-state index in [-0.39, 0.29) is 22.5 Å². The Kier molecular flexibility index (Phi) is 7.62. The Morgan fingerprint density at radius 2 is 1.85 bits per heavy atom. The number of carbonyl (C=O) groups excluding carboxylic acids is 1. The SMILES string of the molecule is COc1c(C2C(C(=O)OC(N)CCc3ccccc3)=C(C)NC(C)=C2[N+](=O)[O-])ccc(F)c1F. The molecule has 34 heavy (non-hydrogen) atoms. The molecule has 0 bridgehead atoms. The molecule has 8 nitrogen and oxygen atoms in total. The molecule has 1 aliphatic rings. The van der Waals surface area contributed by atoms with Crippen LogP contribution in [0.2, 0.25) is 0 Å². The van der Waals surface area contributed by atoms with Gasteiger partial charge in [-0.2, -0.15) is 4.39 Å². The largest absolute Gasteiger partial charge is 0.493 e. The van der Waals surface area contributed by atoms with Crippen molar-refractivity contribution in [1.82, 2.24) is 5.32 Å². The van der Waals surface area contributed by atoms with Crippen LogP contribution in [0.25, 0.3) is 0 Å². The van der Waals surface area contributed by atoms with E-state index >= 15 is 0 Å². The second-order valence-corrected chi connectivity index (χ2v) is 7.82. The van der Waals surface area contributed by atoms with Gasteiger partial charge >= 0.3 is 5.97 Å². The van der Waals surface area contributed by atoms with Gasteiger partial charge in [0.25, 0.3) is 5.70 Å². The van der Waals surface area contributed by atoms with Gasteiger partial charge in [0, 0.05) is 17.7 Å². The summed E-state index contributed by atoms with van der Waals surface area (Å²) < 4.78 is 38.8. The minimum absolute atomic E-state index is 0.0851. The number of carbonyl (C=O) groups is 1. The zero-order valence-electron chi connectivity index (χ0n) is 18.9. The monoisotopic (exact) mass is 473 g/mol. The topological polar surface area (TPSA) is 117 Å². The molecule has 0 radical (unpaired) electrons. The molecule has 0 aromatic heterocycles. The second kappa shape index (κ2) is 10.4. The van der Waals surface area contributed by atoms with Gasteiger partial charge < -0.3 is 14.8 Å². The summed E-state index contributed by atoms with van der Waals surface area (Å²) in [6, 6.07) is 11.4. The van der Waals surface area contributed by atoms with E-state index in [1.165, 1.54) is 13.8 Å². The molecular weight excluding hydrogens is 448 g/mol. The summed E-state index contributed by atoms with van der Waals surface area (Å²) in [4.78, 5) is 24.5. The number of rotatable bonds is 8. The zero-order valence-corrected chi connectivity index (χ0v) is 18.9. The molecule has 10 heteroatoms. The highest BCUT2D eigenvalue weighted by Gasteiger charge is 2.43. The quantitative estimate of drug-likeness (QED) is 0.258. The standard InChI is InChI=1S/C24H25F2N3O5/c1-13-19(24(30)34-18(27)12-9-15-7-5-4-6-8-15)20(22(29(31)32)14(2)28-13)16-10-11-17(25)21(26)23(16)33-3/h4-8,10-11,18,20,28H,9,12,27H2,1-3H3. The number of esters is 1. The summed E-state index contributed by atoms with van der Waals surface area (Å²) in [7, 11) is 1.11. The van der Waals surface area contributed by atoms with Crippen molar-refractivity contribution in [2.75, 3.05) is 7.11 Å². The lowest BCUT2D eigenvalue weighted by Gasteiger charge is -2.28. The molecule has 0 aliphatic carbocycles. The maximum absolute atomic E-state index is 14.5. The first-order chi connectivity index (χ1) is 16.1. The molecule has 2 atom stereocenters. The summed E-state index contributed by atoms with van der Waals surface area (Å²) in [6.07, 6.45) is -0.136. The molecular formula is C24H25F2N3O5. The van der Waals surface area contributed by atoms with Crippen LogP contribution in [0.15, 0.2) is 65.1 Å². The third kappa shape index (κ3) is 5.07. The Bertz CT molecular complexity index is 1160. The van der Waals surface area contributed by atoms with Gasteiger partial charge in [0.1, 0.15) is 5.92 Å². The summed E-state index contributed by atoms with van der Waals surface area (Å²) >= 11 is 0. The van der Waals surface area contributed by atoms with Crippen molar-refractivity contribution in [3.05, 3.63) is 98.0 Å². The zero-order chi connectivity index (χ0) is 25.0. The summed E-state index contributed by atoms with van der Waals surface area (Å²) in [6.45, 7) is 2.99. The fraction of sp³-hybridized carbons (Fsp3) is 0.292. The van der Waals surface area contributed by atoms with Crippen molar-refractivity contribution in [2.45, 2.75) is 38.8 Å². The van der Waals surface area contributed by atoms with Gasteiger partial charge in [-0.1, -0.05) is 36.4 Å². The van der Waals surface area contributed by atoms with Crippen molar-refractivity contribution in [3.63, 3.8) is 0 Å². The number of hydrogen-bond donors (Lipinski definition) is 2. The summed E-state index contributed by atoms with van der Waals surface area (Å²) in [5.41, 5.74) is 6.78. The van der Waals surface area contributed by atoms with E-state index < -0.39 is 46.1 Å². The Morgan fingerprint density at radius 1 is 1.18 bits per heavy atom. The number of nitro groups is 1. The van der Waals surface area contributed by atoms with Crippen LogP contribution in [0, 0.1) is 21.7 Å². The average molecular weight is 473 g/mol. The van der Waals surface area contributed by atoms with Gasteiger partial charge in [-0.25, -0.2) is 9.18 Å². The van der Waals surface area contributed by atoms with Crippen LogP contribution in [0.4, 0.5) is 8.78 Å². The Balaban J connectivity index is 1.97. The third-order valence-electron chi connectivity index (χ3n) is 5.56. The Labute approximate surface area is 195 Å². The van der Waals surface area contributed by atoms with E-state index in [0.29, 0.717) is 12.8 Å². The maximum atomic E-state index is 14.5. The number of halogens is 2. The lowest BCUT2D eigenvalue weighted by molar-refractivity contribution is -0.431. The minimum atomic E-state index is -1.38. The predicted molar refractivity (Wildman–Crippen MR) is 120 cm³/mol. The van der Waals surface area contributed by atoms with Crippen molar-refractivity contribution in [2.24, 2.45) is 5.73 Å². The summed E-state index contributed by atoms with van der Waals surface area (Å²) in [5.74, 6) is -5.33. The van der Waals surface area contributed by atoms with Crippen LogP contribution in [0.1, 0.15) is 37.3 Å². The number of benzene rings is 2. The Hall–Kier alpha value is -3.79. The minimum Gasteiger partial charge on any atom is -0.493 e. The molecule has 0 fully saturated rings. The van der Waals surface area contributed by atoms with Gasteiger partial charge in [-0.05, 0) is 31.9 Å². The molecule has 1 heterocycles. The van der Waals surface area contributed by atoms with Crippen molar-refractivity contribution in [1.29, 1.82) is 0 Å². The Morgan fingerprint density at radius 3 is 2.47 bits per heavy atom. The molecule has 3 N–H and O–H groups in total. The van der Waals surface area contributed by atoms with E-state index in [1.54, 1.807) is 0 Å². The highest BCUT2D eigenvalue weighted by Crippen LogP contribution is 2.43. The van der Waals surface area contributed by atoms with Crippen LogP contribution >= 0.6 is 0 Å². The number of hydrogen-bond acceptors (Lipinski definition) is 7. The normalized spacial score (nSPS) is 16.7. The number of nitrogens with two attached hydrogens (primary N) is 1. The first-order valence-corrected chi connectivity index (χ1v) is 10.5. The highest BCUT2D eigenvalue weighted by molar-refractivity contribution is 5.92. The number of nitrogens with one attached hydrogen (secondary N) is 1. The smallest absolute Gasteiger partial charge is 0.338 e. The fourth-order valence-electron chi connectivity index (χ4n) is 3.99. The van der Waals surface area contributed by atoms with Crippen molar-refractivity contribution < 1.29 is 28.0 Å². The van der Waals surface area contributed by atoms with Crippen LogP contribution < -0.4 is 15.8 Å². The number of nitrogens with zero attached hydrogens (tertiary/aromatic N) is 1. The number of aryl methyl sites for hydroxylation is 1. The second-order valence-electron chi connectivity index (χ2n) is 7.82. The third-order valence-corrected chi connectivity index (χ3v) is 5.56. The van der Waals surface area contributed by atoms with Crippen molar-refractivity contribution in [3.8, 4) is 5.75 Å². The molecule has 0 saturated heterocycles. The fourth-order valence-corrected chi connectivity index (χ4v) is 3.99. The molecule has 180 valence electrons. The number of allylic oxidation sites excluding steroid dienone is 3. The van der Waals surface area contributed by atoms with E-state index in [1.807, 2.05) is 30.3 Å². The van der Waals surface area contributed by atoms with Crippen LogP contribution in [-0.4, -0.2) is 24.2 Å². The average Bonchev–Trinajstić information content (AvgIpc) is 2.79. The van der Waals surface area contributed by atoms with Gasteiger partial charge in [0.05, 0.1) is 23.3 Å². The first kappa shape index (κ1) is 24.8. The molecule has 2 aromatic rings. The molecule has 0 saturated carbocycles. The molecule has 0 spiro atoms. The molecule has 1 aliphatic heterocycles. The molecule has 0 amide bonds. The van der Waals surface area contributed by atoms with Gasteiger partial charge in [0.2, 0.25) is 5.82 Å². The van der Waals surface area contributed by atoms with Crippen LogP contribution in [0.3, 0.4) is 0 Å². The number of ether oxygens (including phenoxy) is 2. The van der Waals surface area contributed by atoms with Gasteiger partial charge in [-0.15, -0.1) is 0 Å². The predicted octanol–water partition coefficient (Wildman–Crippen LogP) is 3.90. The van der Waals surface area contributed by atoms with E-state index in [0.717, 1.165) is 24.8 Å². The van der Waals surface area contributed by atoms with Crippen LogP contribution in [0.5, 0.6) is 5.75 Å². The lowest BCUT2D eigenvalue weighted by atomic mass is 9.83. The number of methoxy groups -OCH3 is 1. The lowest BCUT2D eigenvalue weighted by Crippen LogP contribution is -2.35. The summed E-state index contributed by atoms with van der Waals surface area (Å²) in [5, 5.41) is 14.8. The van der Waals surface area contributed by atoms with E-state index in [4.69, 9.17) is 15.2 Å². The van der Waals surface area contributed by atoms with Gasteiger partial charge in [0.15, 0.2) is 17.8 Å². The van der Waals surface area contributed by atoms with E-state index in [2.05, 4.69) is 5.32 Å². The molecule has 3 rings (SSSR count). The highest BCUT2D eigenvalue weighted by atomic mass is 19.2. The van der Waals surface area contributed by atoms with Crippen molar-refractivity contribution >= 4 is 5.97 Å². The molecule has 2 aromatic carbocycles. The first-order valence-electron chi connectivity index (χ1n) is 10.5. The maximum Gasteiger partial charge on any atom is 0.338 e. The van der Waals surface area contributed by atoms with Crippen LogP contribution in [-0.2, 0) is 16.0 Å². The van der Waals surface area contributed by atoms with Gasteiger partial charge in [-0.3, -0.25) is 15.8 Å². The molecule has 2 unspecified atom stereocenters.